The van der Waals surface area contributed by atoms with Gasteiger partial charge >= 0.3 is 5.97 Å². The number of ether oxygens (including phenoxy) is 2. The first kappa shape index (κ1) is 27.3. The maximum Gasteiger partial charge on any atom is 0.305 e. The van der Waals surface area contributed by atoms with Crippen molar-refractivity contribution in [3.8, 4) is 22.6 Å². The SMILES string of the molecule is COc1ccc(F)c(-c2ccc(Cc3ccc(N4C[C@H](c5ccccc5OC)C[C@@H]4CC(=O)O)cc3)c(C)c2)c1. The predicted octanol–water partition coefficient (Wildman–Crippen LogP) is 7.25. The number of aliphatic carboxylic acids is 1. The van der Waals surface area contributed by atoms with E-state index in [1.807, 2.05) is 37.3 Å². The second-order valence-electron chi connectivity index (χ2n) is 10.4. The number of carboxylic acid groups (broad SMARTS) is 1. The summed E-state index contributed by atoms with van der Waals surface area (Å²) >= 11 is 0. The van der Waals surface area contributed by atoms with Gasteiger partial charge in [-0.2, -0.15) is 0 Å². The molecule has 1 N–H and O–H groups in total. The normalized spacial score (nSPS) is 16.6. The highest BCUT2D eigenvalue weighted by molar-refractivity contribution is 5.69. The summed E-state index contributed by atoms with van der Waals surface area (Å²) in [5.41, 5.74) is 6.88. The van der Waals surface area contributed by atoms with Gasteiger partial charge in [-0.3, -0.25) is 4.79 Å². The molecule has 1 fully saturated rings. The minimum absolute atomic E-state index is 0.0901. The lowest BCUT2D eigenvalue weighted by Gasteiger charge is -2.26. The Labute approximate surface area is 234 Å². The number of carbonyl (C=O) groups is 1. The third-order valence-corrected chi connectivity index (χ3v) is 7.89. The van der Waals surface area contributed by atoms with Crippen molar-refractivity contribution >= 4 is 11.7 Å². The van der Waals surface area contributed by atoms with Crippen LogP contribution in [0.4, 0.5) is 10.1 Å². The van der Waals surface area contributed by atoms with Crippen LogP contribution >= 0.6 is 0 Å². The first-order chi connectivity index (χ1) is 19.4. The Morgan fingerprint density at radius 3 is 2.45 bits per heavy atom. The van der Waals surface area contributed by atoms with Gasteiger partial charge in [-0.1, -0.05) is 48.5 Å². The molecular weight excluding hydrogens is 505 g/mol. The Hall–Kier alpha value is -4.32. The van der Waals surface area contributed by atoms with Crippen LogP contribution in [0.15, 0.2) is 84.9 Å². The third kappa shape index (κ3) is 5.81. The van der Waals surface area contributed by atoms with Crippen LogP contribution in [-0.4, -0.2) is 37.9 Å². The van der Waals surface area contributed by atoms with Gasteiger partial charge in [0.2, 0.25) is 0 Å². The number of anilines is 1. The van der Waals surface area contributed by atoms with Gasteiger partial charge in [0.25, 0.3) is 0 Å². The molecule has 0 radical (unpaired) electrons. The van der Waals surface area contributed by atoms with Crippen LogP contribution in [0.2, 0.25) is 0 Å². The molecule has 1 aliphatic heterocycles. The molecule has 0 unspecified atom stereocenters. The van der Waals surface area contributed by atoms with Crippen molar-refractivity contribution in [2.75, 3.05) is 25.7 Å². The van der Waals surface area contributed by atoms with Crippen LogP contribution in [0.3, 0.4) is 0 Å². The molecule has 40 heavy (non-hydrogen) atoms. The predicted molar refractivity (Wildman–Crippen MR) is 156 cm³/mol. The zero-order chi connectivity index (χ0) is 28.2. The van der Waals surface area contributed by atoms with Gasteiger partial charge in [0.05, 0.1) is 20.6 Å². The van der Waals surface area contributed by atoms with E-state index in [2.05, 4.69) is 41.3 Å². The van der Waals surface area contributed by atoms with E-state index >= 15 is 0 Å². The van der Waals surface area contributed by atoms with Gasteiger partial charge in [0, 0.05) is 29.8 Å². The van der Waals surface area contributed by atoms with Gasteiger partial charge in [-0.05, 0) is 84.0 Å². The average Bonchev–Trinajstić information content (AvgIpc) is 3.37. The maximum atomic E-state index is 14.5. The van der Waals surface area contributed by atoms with E-state index in [1.165, 1.54) is 11.6 Å². The maximum absolute atomic E-state index is 14.5. The molecule has 0 bridgehead atoms. The minimum Gasteiger partial charge on any atom is -0.497 e. The molecule has 5 nitrogen and oxygen atoms in total. The number of hydrogen-bond donors (Lipinski definition) is 1. The van der Waals surface area contributed by atoms with Crippen molar-refractivity contribution in [3.63, 3.8) is 0 Å². The number of nitrogens with zero attached hydrogens (tertiary/aromatic N) is 1. The number of aryl methyl sites for hydroxylation is 1. The molecule has 1 aliphatic rings. The van der Waals surface area contributed by atoms with Crippen molar-refractivity contribution < 1.29 is 23.8 Å². The Kier molecular flexibility index (Phi) is 8.06. The molecule has 1 saturated heterocycles. The van der Waals surface area contributed by atoms with Crippen molar-refractivity contribution in [3.05, 3.63) is 113 Å². The second-order valence-corrected chi connectivity index (χ2v) is 10.4. The third-order valence-electron chi connectivity index (χ3n) is 7.89. The van der Waals surface area contributed by atoms with E-state index in [0.717, 1.165) is 53.1 Å². The fraction of sp³-hybridized carbons (Fsp3) is 0.265. The summed E-state index contributed by atoms with van der Waals surface area (Å²) in [5, 5.41) is 9.59. The van der Waals surface area contributed by atoms with Crippen LogP contribution in [0.1, 0.15) is 41.0 Å². The number of hydrogen-bond acceptors (Lipinski definition) is 4. The summed E-state index contributed by atoms with van der Waals surface area (Å²) in [5.74, 6) is 0.584. The van der Waals surface area contributed by atoms with Crippen LogP contribution in [0.5, 0.6) is 11.5 Å². The zero-order valence-electron chi connectivity index (χ0n) is 23.1. The molecule has 0 aliphatic carbocycles. The van der Waals surface area contributed by atoms with E-state index in [9.17, 15) is 14.3 Å². The van der Waals surface area contributed by atoms with Crippen molar-refractivity contribution in [2.45, 2.75) is 38.1 Å². The smallest absolute Gasteiger partial charge is 0.305 e. The second kappa shape index (κ2) is 11.8. The fourth-order valence-electron chi connectivity index (χ4n) is 5.80. The molecule has 4 aromatic carbocycles. The highest BCUT2D eigenvalue weighted by atomic mass is 19.1. The first-order valence-corrected chi connectivity index (χ1v) is 13.5. The van der Waals surface area contributed by atoms with E-state index in [0.29, 0.717) is 11.3 Å². The summed E-state index contributed by atoms with van der Waals surface area (Å²) in [7, 11) is 3.25. The molecule has 206 valence electrons. The number of carboxylic acids is 1. The standard InChI is InChI=1S/C34H34FNO4/c1-22-16-25(31-20-29(39-2)14-15-32(31)35)11-10-24(22)17-23-8-12-27(13-9-23)36-21-26(18-28(36)19-34(37)38)30-6-4-5-7-33(30)40-3/h4-16,20,26,28H,17-19,21H2,1-3H3,(H,37,38)/t26-,28-/m1/s1. The number of benzene rings is 4. The number of para-hydroxylation sites is 1. The molecular formula is C34H34FNO4. The molecule has 4 aromatic rings. The van der Waals surface area contributed by atoms with Gasteiger partial charge < -0.3 is 19.5 Å². The molecule has 0 amide bonds. The lowest BCUT2D eigenvalue weighted by Crippen LogP contribution is -2.31. The lowest BCUT2D eigenvalue weighted by molar-refractivity contribution is -0.137. The number of rotatable bonds is 9. The summed E-state index contributed by atoms with van der Waals surface area (Å²) in [4.78, 5) is 13.9. The van der Waals surface area contributed by atoms with Crippen molar-refractivity contribution in [2.24, 2.45) is 0 Å². The van der Waals surface area contributed by atoms with Gasteiger partial charge in [-0.15, -0.1) is 0 Å². The molecule has 2 atom stereocenters. The van der Waals surface area contributed by atoms with E-state index in [1.54, 1.807) is 26.4 Å². The summed E-state index contributed by atoms with van der Waals surface area (Å²) in [6.07, 6.45) is 1.59. The summed E-state index contributed by atoms with van der Waals surface area (Å²) in [6.45, 7) is 2.78. The molecule has 1 heterocycles. The molecule has 0 aromatic heterocycles. The molecule has 6 heteroatoms. The van der Waals surface area contributed by atoms with Gasteiger partial charge in [0.1, 0.15) is 17.3 Å². The Morgan fingerprint density at radius 2 is 1.75 bits per heavy atom. The number of methoxy groups -OCH3 is 2. The van der Waals surface area contributed by atoms with Crippen molar-refractivity contribution in [1.29, 1.82) is 0 Å². The Balaban J connectivity index is 1.33. The molecule has 0 spiro atoms. The highest BCUT2D eigenvalue weighted by Crippen LogP contribution is 2.40. The Morgan fingerprint density at radius 1 is 0.975 bits per heavy atom. The van der Waals surface area contributed by atoms with Crippen LogP contribution < -0.4 is 14.4 Å². The molecule has 5 rings (SSSR count). The van der Waals surface area contributed by atoms with Crippen molar-refractivity contribution in [1.82, 2.24) is 0 Å². The van der Waals surface area contributed by atoms with E-state index in [4.69, 9.17) is 9.47 Å². The Bertz CT molecular complexity index is 1500. The number of halogens is 1. The summed E-state index contributed by atoms with van der Waals surface area (Å²) < 4.78 is 25.4. The van der Waals surface area contributed by atoms with Crippen LogP contribution in [0, 0.1) is 12.7 Å². The molecule has 0 saturated carbocycles. The quantitative estimate of drug-likeness (QED) is 0.243. The summed E-state index contributed by atoms with van der Waals surface area (Å²) in [6, 6.07) is 27.1. The topological polar surface area (TPSA) is 59.0 Å². The first-order valence-electron chi connectivity index (χ1n) is 13.5. The van der Waals surface area contributed by atoms with Gasteiger partial charge in [0.15, 0.2) is 0 Å². The minimum atomic E-state index is -0.792. The van der Waals surface area contributed by atoms with Gasteiger partial charge in [-0.25, -0.2) is 4.39 Å². The monoisotopic (exact) mass is 539 g/mol. The lowest BCUT2D eigenvalue weighted by atomic mass is 9.94. The largest absolute Gasteiger partial charge is 0.497 e. The van der Waals surface area contributed by atoms with Crippen LogP contribution in [-0.2, 0) is 11.2 Å². The van der Waals surface area contributed by atoms with E-state index in [-0.39, 0.29) is 24.2 Å². The van der Waals surface area contributed by atoms with E-state index < -0.39 is 5.97 Å². The average molecular weight is 540 g/mol. The highest BCUT2D eigenvalue weighted by Gasteiger charge is 2.35. The fourth-order valence-corrected chi connectivity index (χ4v) is 5.80. The zero-order valence-corrected chi connectivity index (χ0v) is 23.1. The van der Waals surface area contributed by atoms with Crippen LogP contribution in [0.25, 0.3) is 11.1 Å².